The van der Waals surface area contributed by atoms with Crippen LogP contribution < -0.4 is 16.0 Å². The summed E-state index contributed by atoms with van der Waals surface area (Å²) < 4.78 is 0. The Kier molecular flexibility index (Phi) is 5.02. The van der Waals surface area contributed by atoms with Gasteiger partial charge in [-0.3, -0.25) is 9.59 Å². The van der Waals surface area contributed by atoms with E-state index in [1.54, 1.807) is 6.92 Å². The van der Waals surface area contributed by atoms with E-state index in [4.69, 9.17) is 0 Å². The van der Waals surface area contributed by atoms with Crippen molar-refractivity contribution in [3.63, 3.8) is 0 Å². The molecule has 2 fully saturated rings. The van der Waals surface area contributed by atoms with Gasteiger partial charge in [-0.2, -0.15) is 0 Å². The van der Waals surface area contributed by atoms with Crippen molar-refractivity contribution in [2.45, 2.75) is 64.5 Å². The zero-order valence-electron chi connectivity index (χ0n) is 12.6. The fraction of sp³-hybridized carbons (Fsp3) is 0.867. The lowest BCUT2D eigenvalue weighted by Gasteiger charge is -2.36. The number of nitrogens with one attached hydrogen (secondary N) is 3. The average molecular weight is 281 g/mol. The van der Waals surface area contributed by atoms with Gasteiger partial charge in [0.2, 0.25) is 11.8 Å². The largest absolute Gasteiger partial charge is 0.352 e. The predicted octanol–water partition coefficient (Wildman–Crippen LogP) is 0.940. The highest BCUT2D eigenvalue weighted by molar-refractivity contribution is 5.90. The van der Waals surface area contributed by atoms with Crippen molar-refractivity contribution in [3.05, 3.63) is 0 Å². The molecule has 0 aromatic carbocycles. The Morgan fingerprint density at radius 3 is 2.50 bits per heavy atom. The van der Waals surface area contributed by atoms with Crippen LogP contribution in [0.1, 0.15) is 52.4 Å². The van der Waals surface area contributed by atoms with Crippen LogP contribution in [-0.2, 0) is 9.59 Å². The van der Waals surface area contributed by atoms with E-state index in [1.807, 2.05) is 0 Å². The van der Waals surface area contributed by atoms with Gasteiger partial charge in [0.1, 0.15) is 6.04 Å². The maximum Gasteiger partial charge on any atom is 0.242 e. The highest BCUT2D eigenvalue weighted by Crippen LogP contribution is 2.34. The first-order valence-corrected chi connectivity index (χ1v) is 7.89. The molecule has 5 nitrogen and oxygen atoms in total. The van der Waals surface area contributed by atoms with Gasteiger partial charge in [-0.15, -0.1) is 0 Å². The molecule has 2 rings (SSSR count). The fourth-order valence-electron chi connectivity index (χ4n) is 2.94. The summed E-state index contributed by atoms with van der Waals surface area (Å²) in [5.41, 5.74) is -0.284. The molecular formula is C15H27N3O2. The van der Waals surface area contributed by atoms with E-state index in [0.717, 1.165) is 51.6 Å². The van der Waals surface area contributed by atoms with Gasteiger partial charge < -0.3 is 16.0 Å². The van der Waals surface area contributed by atoms with E-state index >= 15 is 0 Å². The van der Waals surface area contributed by atoms with Gasteiger partial charge >= 0.3 is 0 Å². The van der Waals surface area contributed by atoms with E-state index in [2.05, 4.69) is 22.9 Å². The first kappa shape index (κ1) is 15.3. The molecule has 3 N–H and O–H groups in total. The molecule has 20 heavy (non-hydrogen) atoms. The molecule has 1 saturated heterocycles. The first-order valence-electron chi connectivity index (χ1n) is 7.89. The first-order chi connectivity index (χ1) is 9.57. The Balaban J connectivity index is 1.91. The normalized spacial score (nSPS) is 22.9. The molecule has 1 aliphatic carbocycles. The third-order valence-corrected chi connectivity index (χ3v) is 4.44. The minimum Gasteiger partial charge on any atom is -0.352 e. The zero-order valence-corrected chi connectivity index (χ0v) is 12.6. The second-order valence-electron chi connectivity index (χ2n) is 6.26. The van der Waals surface area contributed by atoms with Crippen molar-refractivity contribution < 1.29 is 9.59 Å². The Morgan fingerprint density at radius 1 is 1.30 bits per heavy atom. The van der Waals surface area contributed by atoms with Crippen molar-refractivity contribution >= 4 is 11.8 Å². The second kappa shape index (κ2) is 6.57. The van der Waals surface area contributed by atoms with Crippen LogP contribution in [0, 0.1) is 5.41 Å². The van der Waals surface area contributed by atoms with Gasteiger partial charge in [0.15, 0.2) is 0 Å². The smallest absolute Gasteiger partial charge is 0.242 e. The van der Waals surface area contributed by atoms with E-state index in [0.29, 0.717) is 6.04 Å². The van der Waals surface area contributed by atoms with Crippen LogP contribution in [0.15, 0.2) is 0 Å². The molecule has 1 aliphatic heterocycles. The molecule has 1 unspecified atom stereocenters. The lowest BCUT2D eigenvalue weighted by atomic mass is 9.74. The van der Waals surface area contributed by atoms with Gasteiger partial charge in [-0.25, -0.2) is 0 Å². The maximum atomic E-state index is 12.6. The number of amides is 2. The zero-order chi connectivity index (χ0) is 14.6. The number of carbonyl (C=O) groups is 2. The molecule has 2 amide bonds. The quantitative estimate of drug-likeness (QED) is 0.678. The van der Waals surface area contributed by atoms with Crippen molar-refractivity contribution in [1.29, 1.82) is 0 Å². The summed E-state index contributed by atoms with van der Waals surface area (Å²) in [7, 11) is 0. The number of hydrogen-bond acceptors (Lipinski definition) is 3. The molecule has 1 atom stereocenters. The highest BCUT2D eigenvalue weighted by Gasteiger charge is 2.39. The number of carbonyl (C=O) groups excluding carboxylic acids is 2. The lowest BCUT2D eigenvalue weighted by molar-refractivity contribution is -0.136. The van der Waals surface area contributed by atoms with Gasteiger partial charge in [-0.05, 0) is 52.1 Å². The summed E-state index contributed by atoms with van der Waals surface area (Å²) in [5, 5.41) is 9.17. The van der Waals surface area contributed by atoms with Crippen molar-refractivity contribution in [3.8, 4) is 0 Å². The summed E-state index contributed by atoms with van der Waals surface area (Å²) in [6, 6.07) is -0.1000. The SMILES string of the molecule is CCCC1(C(=O)NC(C)C(=O)NC2CC2)CCNCC1. The molecule has 0 aromatic heterocycles. The predicted molar refractivity (Wildman–Crippen MR) is 78.2 cm³/mol. The second-order valence-corrected chi connectivity index (χ2v) is 6.26. The fourth-order valence-corrected chi connectivity index (χ4v) is 2.94. The molecule has 1 heterocycles. The van der Waals surface area contributed by atoms with Gasteiger partial charge in [0.25, 0.3) is 0 Å². The Morgan fingerprint density at radius 2 is 1.95 bits per heavy atom. The topological polar surface area (TPSA) is 70.2 Å². The Hall–Kier alpha value is -1.10. The van der Waals surface area contributed by atoms with Crippen LogP contribution in [0.3, 0.4) is 0 Å². The molecule has 0 spiro atoms. The maximum absolute atomic E-state index is 12.6. The van der Waals surface area contributed by atoms with Crippen molar-refractivity contribution in [2.75, 3.05) is 13.1 Å². The summed E-state index contributed by atoms with van der Waals surface area (Å²) in [4.78, 5) is 24.5. The number of hydrogen-bond donors (Lipinski definition) is 3. The summed E-state index contributed by atoms with van der Waals surface area (Å²) in [5.74, 6) is 0.000676. The van der Waals surface area contributed by atoms with Crippen LogP contribution in [0.5, 0.6) is 0 Å². The van der Waals surface area contributed by atoms with Crippen LogP contribution in [0.25, 0.3) is 0 Å². The lowest BCUT2D eigenvalue weighted by Crippen LogP contribution is -2.53. The summed E-state index contributed by atoms with van der Waals surface area (Å²) >= 11 is 0. The van der Waals surface area contributed by atoms with E-state index in [1.165, 1.54) is 0 Å². The molecule has 1 saturated carbocycles. The molecule has 0 bridgehead atoms. The summed E-state index contributed by atoms with van der Waals surface area (Å²) in [6.45, 7) is 5.66. The Labute approximate surface area is 121 Å². The molecule has 2 aliphatic rings. The van der Waals surface area contributed by atoms with Gasteiger partial charge in [0, 0.05) is 6.04 Å². The van der Waals surface area contributed by atoms with Crippen LogP contribution in [0.2, 0.25) is 0 Å². The number of piperidine rings is 1. The van der Waals surface area contributed by atoms with Crippen LogP contribution in [-0.4, -0.2) is 37.0 Å². The highest BCUT2D eigenvalue weighted by atomic mass is 16.2. The standard InChI is InChI=1S/C15H27N3O2/c1-3-6-15(7-9-16-10-8-15)14(20)17-11(2)13(19)18-12-4-5-12/h11-12,16H,3-10H2,1-2H3,(H,17,20)(H,18,19). The van der Waals surface area contributed by atoms with E-state index in [-0.39, 0.29) is 17.2 Å². The molecule has 0 radical (unpaired) electrons. The number of rotatable bonds is 6. The Bertz CT molecular complexity index is 355. The molecule has 0 aromatic rings. The van der Waals surface area contributed by atoms with E-state index < -0.39 is 6.04 Å². The van der Waals surface area contributed by atoms with Crippen LogP contribution in [0.4, 0.5) is 0 Å². The van der Waals surface area contributed by atoms with Crippen molar-refractivity contribution in [1.82, 2.24) is 16.0 Å². The molecular weight excluding hydrogens is 254 g/mol. The molecule has 5 heteroatoms. The monoisotopic (exact) mass is 281 g/mol. The average Bonchev–Trinajstić information content (AvgIpc) is 3.24. The summed E-state index contributed by atoms with van der Waals surface area (Å²) in [6.07, 6.45) is 5.76. The van der Waals surface area contributed by atoms with E-state index in [9.17, 15) is 9.59 Å². The minimum atomic E-state index is -0.438. The third-order valence-electron chi connectivity index (χ3n) is 4.44. The van der Waals surface area contributed by atoms with Gasteiger partial charge in [0.05, 0.1) is 5.41 Å². The van der Waals surface area contributed by atoms with Crippen LogP contribution >= 0.6 is 0 Å². The molecule has 114 valence electrons. The van der Waals surface area contributed by atoms with Gasteiger partial charge in [-0.1, -0.05) is 13.3 Å². The third kappa shape index (κ3) is 3.72. The van der Waals surface area contributed by atoms with Crippen molar-refractivity contribution in [2.24, 2.45) is 5.41 Å². The minimum absolute atomic E-state index is 0.0542.